The lowest BCUT2D eigenvalue weighted by Crippen LogP contribution is -2.38. The van der Waals surface area contributed by atoms with E-state index in [9.17, 15) is 18.0 Å². The number of para-hydroxylation sites is 1. The van der Waals surface area contributed by atoms with Gasteiger partial charge in [0.25, 0.3) is 15.9 Å². The van der Waals surface area contributed by atoms with Gasteiger partial charge in [0.2, 0.25) is 5.91 Å². The van der Waals surface area contributed by atoms with Crippen molar-refractivity contribution in [1.29, 1.82) is 0 Å². The molecule has 0 atom stereocenters. The predicted molar refractivity (Wildman–Crippen MR) is 142 cm³/mol. The fourth-order valence-corrected chi connectivity index (χ4v) is 5.94. The third-order valence-corrected chi connectivity index (χ3v) is 8.08. The molecule has 1 saturated heterocycles. The van der Waals surface area contributed by atoms with Gasteiger partial charge in [-0.3, -0.25) is 13.9 Å². The normalized spacial score (nSPS) is 13.5. The maximum Gasteiger partial charge on any atom is 0.264 e. The van der Waals surface area contributed by atoms with Crippen LogP contribution in [0, 0.1) is 6.92 Å². The van der Waals surface area contributed by atoms with E-state index in [0.29, 0.717) is 24.3 Å². The zero-order valence-corrected chi connectivity index (χ0v) is 21.9. The smallest absolute Gasteiger partial charge is 0.264 e. The molecule has 3 aromatic rings. The number of benzene rings is 3. The first-order valence-corrected chi connectivity index (χ1v) is 13.6. The standard InChI is InChI=1S/C26H25Cl2N3O4S/c1-18-8-10-22(11-9-18)36(34,35)31(21-15-19(27)14-20(28)16-21)17-25(32)29-24-7-3-2-6-23(24)26(33)30-12-4-5-13-30/h2-3,6-11,14-16H,4-5,12-13,17H2,1H3,(H,29,32). The number of hydrogen-bond acceptors (Lipinski definition) is 4. The summed E-state index contributed by atoms with van der Waals surface area (Å²) < 4.78 is 28.2. The van der Waals surface area contributed by atoms with E-state index in [-0.39, 0.29) is 26.5 Å². The number of nitrogens with zero attached hydrogens (tertiary/aromatic N) is 2. The van der Waals surface area contributed by atoms with Crippen LogP contribution in [0.15, 0.2) is 71.6 Å². The monoisotopic (exact) mass is 545 g/mol. The minimum absolute atomic E-state index is 0.0154. The Labute approximate surface area is 220 Å². The molecule has 36 heavy (non-hydrogen) atoms. The SMILES string of the molecule is Cc1ccc(S(=O)(=O)N(CC(=O)Nc2ccccc2C(=O)N2CCCC2)c2cc(Cl)cc(Cl)c2)cc1. The fourth-order valence-electron chi connectivity index (χ4n) is 4.03. The van der Waals surface area contributed by atoms with E-state index in [1.807, 2.05) is 6.92 Å². The summed E-state index contributed by atoms with van der Waals surface area (Å²) in [6.45, 7) is 2.62. The van der Waals surface area contributed by atoms with Crippen molar-refractivity contribution in [2.45, 2.75) is 24.7 Å². The van der Waals surface area contributed by atoms with Crippen LogP contribution in [0.3, 0.4) is 0 Å². The first kappa shape index (κ1) is 26.0. The molecule has 1 aliphatic rings. The molecule has 0 unspecified atom stereocenters. The topological polar surface area (TPSA) is 86.8 Å². The first-order valence-electron chi connectivity index (χ1n) is 11.4. The molecule has 1 N–H and O–H groups in total. The summed E-state index contributed by atoms with van der Waals surface area (Å²) in [5.41, 5.74) is 1.70. The van der Waals surface area contributed by atoms with Gasteiger partial charge in [0.05, 0.1) is 21.8 Å². The number of likely N-dealkylation sites (tertiary alicyclic amines) is 1. The average molecular weight is 546 g/mol. The molecule has 0 saturated carbocycles. The minimum Gasteiger partial charge on any atom is -0.339 e. The van der Waals surface area contributed by atoms with Gasteiger partial charge in [0.1, 0.15) is 6.54 Å². The van der Waals surface area contributed by atoms with Gasteiger partial charge >= 0.3 is 0 Å². The van der Waals surface area contributed by atoms with Crippen LogP contribution in [0.2, 0.25) is 10.0 Å². The zero-order chi connectivity index (χ0) is 25.9. The van der Waals surface area contributed by atoms with Gasteiger partial charge in [-0.25, -0.2) is 8.42 Å². The quantitative estimate of drug-likeness (QED) is 0.432. The van der Waals surface area contributed by atoms with Crippen LogP contribution < -0.4 is 9.62 Å². The predicted octanol–water partition coefficient (Wildman–Crippen LogP) is 5.37. The maximum absolute atomic E-state index is 13.6. The second-order valence-corrected chi connectivity index (χ2v) is 11.3. The second kappa shape index (κ2) is 10.9. The van der Waals surface area contributed by atoms with Gasteiger partial charge in [-0.05, 0) is 62.2 Å². The molecular formula is C26H25Cl2N3O4S. The molecule has 0 radical (unpaired) electrons. The Balaban J connectivity index is 1.65. The van der Waals surface area contributed by atoms with E-state index in [0.717, 1.165) is 22.7 Å². The van der Waals surface area contributed by atoms with Crippen molar-refractivity contribution in [3.05, 3.63) is 87.9 Å². The molecule has 4 rings (SSSR count). The van der Waals surface area contributed by atoms with Crippen LogP contribution in [-0.4, -0.2) is 44.8 Å². The van der Waals surface area contributed by atoms with E-state index in [1.54, 1.807) is 41.3 Å². The summed E-state index contributed by atoms with van der Waals surface area (Å²) in [4.78, 5) is 27.9. The first-order chi connectivity index (χ1) is 17.1. The average Bonchev–Trinajstić information content (AvgIpc) is 3.37. The number of nitrogens with one attached hydrogen (secondary N) is 1. The number of sulfonamides is 1. The van der Waals surface area contributed by atoms with Crippen LogP contribution in [0.5, 0.6) is 0 Å². The minimum atomic E-state index is -4.15. The summed E-state index contributed by atoms with van der Waals surface area (Å²) in [5, 5.41) is 3.17. The van der Waals surface area contributed by atoms with Crippen molar-refractivity contribution in [3.8, 4) is 0 Å². The highest BCUT2D eigenvalue weighted by Crippen LogP contribution is 2.30. The van der Waals surface area contributed by atoms with Crippen molar-refractivity contribution in [3.63, 3.8) is 0 Å². The number of rotatable bonds is 7. The highest BCUT2D eigenvalue weighted by molar-refractivity contribution is 7.92. The molecule has 0 spiro atoms. The van der Waals surface area contributed by atoms with E-state index in [4.69, 9.17) is 23.2 Å². The molecule has 0 bridgehead atoms. The summed E-state index contributed by atoms with van der Waals surface area (Å²) >= 11 is 12.3. The number of halogens is 2. The summed E-state index contributed by atoms with van der Waals surface area (Å²) in [5.74, 6) is -0.794. The number of anilines is 2. The molecule has 1 fully saturated rings. The van der Waals surface area contributed by atoms with Gasteiger partial charge in [0, 0.05) is 23.1 Å². The Morgan fingerprint density at radius 1 is 0.944 bits per heavy atom. The summed E-state index contributed by atoms with van der Waals surface area (Å²) in [6, 6.07) is 17.3. The van der Waals surface area contributed by atoms with Crippen LogP contribution >= 0.6 is 23.2 Å². The van der Waals surface area contributed by atoms with E-state index >= 15 is 0 Å². The molecule has 188 valence electrons. The number of carbonyl (C=O) groups excluding carboxylic acids is 2. The number of aryl methyl sites for hydroxylation is 1. The number of carbonyl (C=O) groups is 2. The van der Waals surface area contributed by atoms with Gasteiger partial charge < -0.3 is 10.2 Å². The molecule has 1 aliphatic heterocycles. The third-order valence-electron chi connectivity index (χ3n) is 5.86. The lowest BCUT2D eigenvalue weighted by molar-refractivity contribution is -0.114. The molecule has 0 aliphatic carbocycles. The molecule has 3 aromatic carbocycles. The highest BCUT2D eigenvalue weighted by Gasteiger charge is 2.29. The van der Waals surface area contributed by atoms with Gasteiger partial charge in [-0.15, -0.1) is 0 Å². The van der Waals surface area contributed by atoms with Crippen LogP contribution in [0.25, 0.3) is 0 Å². The lowest BCUT2D eigenvalue weighted by atomic mass is 10.1. The van der Waals surface area contributed by atoms with Crippen LogP contribution in [0.4, 0.5) is 11.4 Å². The van der Waals surface area contributed by atoms with Crippen LogP contribution in [0.1, 0.15) is 28.8 Å². The number of amides is 2. The van der Waals surface area contributed by atoms with Crippen molar-refractivity contribution in [2.75, 3.05) is 29.3 Å². The Kier molecular flexibility index (Phi) is 7.88. The molecule has 0 aromatic heterocycles. The third kappa shape index (κ3) is 5.83. The Hall–Kier alpha value is -3.07. The van der Waals surface area contributed by atoms with Gasteiger partial charge in [-0.2, -0.15) is 0 Å². The van der Waals surface area contributed by atoms with E-state index in [2.05, 4.69) is 5.32 Å². The molecular weight excluding hydrogens is 521 g/mol. The Morgan fingerprint density at radius 3 is 2.19 bits per heavy atom. The van der Waals surface area contributed by atoms with Crippen molar-refractivity contribution in [1.82, 2.24) is 4.90 Å². The molecule has 7 nitrogen and oxygen atoms in total. The van der Waals surface area contributed by atoms with Crippen molar-refractivity contribution in [2.24, 2.45) is 0 Å². The lowest BCUT2D eigenvalue weighted by Gasteiger charge is -2.25. The second-order valence-electron chi connectivity index (χ2n) is 8.55. The molecule has 10 heteroatoms. The summed E-state index contributed by atoms with van der Waals surface area (Å²) in [7, 11) is -4.15. The zero-order valence-electron chi connectivity index (χ0n) is 19.6. The van der Waals surface area contributed by atoms with Crippen LogP contribution in [-0.2, 0) is 14.8 Å². The van der Waals surface area contributed by atoms with E-state index in [1.165, 1.54) is 30.3 Å². The molecule has 1 heterocycles. The Bertz CT molecular complexity index is 1370. The van der Waals surface area contributed by atoms with Crippen molar-refractivity contribution >= 4 is 56.4 Å². The van der Waals surface area contributed by atoms with Gasteiger partial charge in [0.15, 0.2) is 0 Å². The fraction of sp³-hybridized carbons (Fsp3) is 0.231. The Morgan fingerprint density at radius 2 is 1.56 bits per heavy atom. The largest absolute Gasteiger partial charge is 0.339 e. The highest BCUT2D eigenvalue weighted by atomic mass is 35.5. The maximum atomic E-state index is 13.6. The molecule has 2 amide bonds. The van der Waals surface area contributed by atoms with E-state index < -0.39 is 22.5 Å². The van der Waals surface area contributed by atoms with Gasteiger partial charge in [-0.1, -0.05) is 53.0 Å². The van der Waals surface area contributed by atoms with Crippen molar-refractivity contribution < 1.29 is 18.0 Å². The summed E-state index contributed by atoms with van der Waals surface area (Å²) in [6.07, 6.45) is 1.88. The number of hydrogen-bond donors (Lipinski definition) is 1.